The van der Waals surface area contributed by atoms with Crippen molar-refractivity contribution in [2.24, 2.45) is 7.05 Å². The quantitative estimate of drug-likeness (QED) is 0.805. The Morgan fingerprint density at radius 1 is 1.50 bits per heavy atom. The number of rotatable bonds is 5. The third-order valence-corrected chi connectivity index (χ3v) is 3.66. The van der Waals surface area contributed by atoms with Crippen LogP contribution in [0.3, 0.4) is 0 Å². The summed E-state index contributed by atoms with van der Waals surface area (Å²) in [5.74, 6) is 0. The Kier molecular flexibility index (Phi) is 3.74. The SMILES string of the molecule is Cc1c(CCNCc2cccs2)cnn1C. The van der Waals surface area contributed by atoms with Gasteiger partial charge in [0.25, 0.3) is 0 Å². The van der Waals surface area contributed by atoms with Crippen LogP contribution in [0.15, 0.2) is 23.7 Å². The highest BCUT2D eigenvalue weighted by Gasteiger charge is 2.02. The molecule has 0 fully saturated rings. The lowest BCUT2D eigenvalue weighted by Gasteiger charge is -2.03. The number of thiophene rings is 1. The molecule has 4 heteroatoms. The summed E-state index contributed by atoms with van der Waals surface area (Å²) in [6.45, 7) is 4.09. The molecule has 86 valence electrons. The first-order chi connectivity index (χ1) is 7.77. The van der Waals surface area contributed by atoms with E-state index in [1.165, 1.54) is 16.1 Å². The maximum atomic E-state index is 4.24. The Morgan fingerprint density at radius 3 is 3.00 bits per heavy atom. The van der Waals surface area contributed by atoms with Crippen molar-refractivity contribution in [2.75, 3.05) is 6.54 Å². The van der Waals surface area contributed by atoms with Gasteiger partial charge in [0.1, 0.15) is 0 Å². The maximum absolute atomic E-state index is 4.24. The molecule has 0 amide bonds. The second kappa shape index (κ2) is 5.27. The molecule has 0 aliphatic heterocycles. The predicted octanol–water partition coefficient (Wildman–Crippen LogP) is 2.12. The normalized spacial score (nSPS) is 10.9. The zero-order chi connectivity index (χ0) is 11.4. The van der Waals surface area contributed by atoms with E-state index < -0.39 is 0 Å². The lowest BCUT2D eigenvalue weighted by Crippen LogP contribution is -2.16. The molecule has 2 rings (SSSR count). The smallest absolute Gasteiger partial charge is 0.0524 e. The fraction of sp³-hybridized carbons (Fsp3) is 0.417. The van der Waals surface area contributed by atoms with Crippen LogP contribution in [0, 0.1) is 6.92 Å². The number of aromatic nitrogens is 2. The van der Waals surface area contributed by atoms with Crippen molar-refractivity contribution >= 4 is 11.3 Å². The molecule has 0 spiro atoms. The van der Waals surface area contributed by atoms with E-state index in [0.717, 1.165) is 19.5 Å². The first kappa shape index (κ1) is 11.4. The van der Waals surface area contributed by atoms with Crippen molar-refractivity contribution in [1.82, 2.24) is 15.1 Å². The highest BCUT2D eigenvalue weighted by Crippen LogP contribution is 2.08. The van der Waals surface area contributed by atoms with Crippen molar-refractivity contribution in [3.05, 3.63) is 39.8 Å². The van der Waals surface area contributed by atoms with Gasteiger partial charge in [-0.2, -0.15) is 5.10 Å². The van der Waals surface area contributed by atoms with Gasteiger partial charge in [0.2, 0.25) is 0 Å². The van der Waals surface area contributed by atoms with Crippen LogP contribution in [0.5, 0.6) is 0 Å². The van der Waals surface area contributed by atoms with Gasteiger partial charge in [-0.3, -0.25) is 4.68 Å². The molecule has 2 heterocycles. The van der Waals surface area contributed by atoms with Crippen molar-refractivity contribution in [1.29, 1.82) is 0 Å². The van der Waals surface area contributed by atoms with Gasteiger partial charge in [-0.25, -0.2) is 0 Å². The van der Waals surface area contributed by atoms with Crippen LogP contribution in [-0.4, -0.2) is 16.3 Å². The monoisotopic (exact) mass is 235 g/mol. The standard InChI is InChI=1S/C12H17N3S/c1-10-11(8-14-15(10)2)5-6-13-9-12-4-3-7-16-12/h3-4,7-8,13H,5-6,9H2,1-2H3. The molecule has 0 aliphatic carbocycles. The third kappa shape index (κ3) is 2.71. The van der Waals surface area contributed by atoms with Gasteiger partial charge in [-0.1, -0.05) is 6.07 Å². The molecule has 0 bridgehead atoms. The Morgan fingerprint density at radius 2 is 2.38 bits per heavy atom. The third-order valence-electron chi connectivity index (χ3n) is 2.79. The van der Waals surface area contributed by atoms with Gasteiger partial charge in [0, 0.05) is 24.2 Å². The first-order valence-corrected chi connectivity index (χ1v) is 6.36. The molecule has 0 unspecified atom stereocenters. The van der Waals surface area contributed by atoms with Crippen molar-refractivity contribution in [3.8, 4) is 0 Å². The van der Waals surface area contributed by atoms with E-state index in [1.807, 2.05) is 17.9 Å². The van der Waals surface area contributed by atoms with Crippen LogP contribution in [0.1, 0.15) is 16.1 Å². The molecular formula is C12H17N3S. The highest BCUT2D eigenvalue weighted by molar-refractivity contribution is 7.09. The molecule has 0 radical (unpaired) electrons. The summed E-state index contributed by atoms with van der Waals surface area (Å²) in [6, 6.07) is 4.25. The summed E-state index contributed by atoms with van der Waals surface area (Å²) >= 11 is 1.80. The topological polar surface area (TPSA) is 29.9 Å². The molecular weight excluding hydrogens is 218 g/mol. The van der Waals surface area contributed by atoms with Gasteiger partial charge in [-0.15, -0.1) is 11.3 Å². The fourth-order valence-corrected chi connectivity index (χ4v) is 2.31. The molecule has 16 heavy (non-hydrogen) atoms. The Labute approximate surface area is 100 Å². The van der Waals surface area contributed by atoms with Crippen LogP contribution in [0.25, 0.3) is 0 Å². The van der Waals surface area contributed by atoms with E-state index in [4.69, 9.17) is 0 Å². The first-order valence-electron chi connectivity index (χ1n) is 5.48. The molecule has 0 aliphatic rings. The lowest BCUT2D eigenvalue weighted by atomic mass is 10.2. The number of nitrogens with zero attached hydrogens (tertiary/aromatic N) is 2. The molecule has 0 aromatic carbocycles. The Hall–Kier alpha value is -1.13. The second-order valence-electron chi connectivity index (χ2n) is 3.88. The Bertz CT molecular complexity index is 431. The summed E-state index contributed by atoms with van der Waals surface area (Å²) in [7, 11) is 1.98. The van der Waals surface area contributed by atoms with Crippen LogP contribution in [0.2, 0.25) is 0 Å². The van der Waals surface area contributed by atoms with E-state index >= 15 is 0 Å². The van der Waals surface area contributed by atoms with E-state index in [1.54, 1.807) is 11.3 Å². The summed E-state index contributed by atoms with van der Waals surface area (Å²) in [5, 5.41) is 9.80. The van der Waals surface area contributed by atoms with E-state index in [2.05, 4.69) is 34.9 Å². The molecule has 0 saturated carbocycles. The van der Waals surface area contributed by atoms with Crippen molar-refractivity contribution in [2.45, 2.75) is 19.9 Å². The minimum absolute atomic E-state index is 0.969. The fourth-order valence-electron chi connectivity index (χ4n) is 1.64. The summed E-state index contributed by atoms with van der Waals surface area (Å²) in [6.07, 6.45) is 3.01. The Balaban J connectivity index is 1.74. The molecule has 1 N–H and O–H groups in total. The summed E-state index contributed by atoms with van der Waals surface area (Å²) in [4.78, 5) is 1.39. The van der Waals surface area contributed by atoms with Crippen LogP contribution >= 0.6 is 11.3 Å². The average molecular weight is 235 g/mol. The zero-order valence-electron chi connectivity index (χ0n) is 9.73. The minimum atomic E-state index is 0.969. The predicted molar refractivity (Wildman–Crippen MR) is 67.7 cm³/mol. The number of nitrogens with one attached hydrogen (secondary N) is 1. The van der Waals surface area contributed by atoms with Crippen LogP contribution < -0.4 is 5.32 Å². The minimum Gasteiger partial charge on any atom is -0.312 e. The molecule has 0 saturated heterocycles. The van der Waals surface area contributed by atoms with Gasteiger partial charge < -0.3 is 5.32 Å². The highest BCUT2D eigenvalue weighted by atomic mass is 32.1. The van der Waals surface area contributed by atoms with E-state index in [9.17, 15) is 0 Å². The summed E-state index contributed by atoms with van der Waals surface area (Å²) in [5.41, 5.74) is 2.60. The van der Waals surface area contributed by atoms with Crippen LogP contribution in [0.4, 0.5) is 0 Å². The van der Waals surface area contributed by atoms with Gasteiger partial charge in [-0.05, 0) is 36.9 Å². The molecule has 3 nitrogen and oxygen atoms in total. The van der Waals surface area contributed by atoms with E-state index in [0.29, 0.717) is 0 Å². The zero-order valence-corrected chi connectivity index (χ0v) is 10.5. The molecule has 2 aromatic heterocycles. The largest absolute Gasteiger partial charge is 0.312 e. The second-order valence-corrected chi connectivity index (χ2v) is 4.92. The average Bonchev–Trinajstić information content (AvgIpc) is 2.88. The van der Waals surface area contributed by atoms with Crippen LogP contribution in [-0.2, 0) is 20.0 Å². The van der Waals surface area contributed by atoms with Crippen molar-refractivity contribution < 1.29 is 0 Å². The van der Waals surface area contributed by atoms with Gasteiger partial charge in [0.15, 0.2) is 0 Å². The number of aryl methyl sites for hydroxylation is 1. The van der Waals surface area contributed by atoms with E-state index in [-0.39, 0.29) is 0 Å². The number of hydrogen-bond acceptors (Lipinski definition) is 3. The van der Waals surface area contributed by atoms with Gasteiger partial charge >= 0.3 is 0 Å². The summed E-state index contributed by atoms with van der Waals surface area (Å²) < 4.78 is 1.93. The lowest BCUT2D eigenvalue weighted by molar-refractivity contribution is 0.688. The van der Waals surface area contributed by atoms with Crippen molar-refractivity contribution in [3.63, 3.8) is 0 Å². The molecule has 2 aromatic rings. The molecule has 0 atom stereocenters. The number of hydrogen-bond donors (Lipinski definition) is 1. The van der Waals surface area contributed by atoms with Gasteiger partial charge in [0.05, 0.1) is 6.20 Å². The maximum Gasteiger partial charge on any atom is 0.0524 e.